The number of carbonyl (C=O) groups excluding carboxylic acids is 1. The maximum atomic E-state index is 12.5. The summed E-state index contributed by atoms with van der Waals surface area (Å²) < 4.78 is 5.74. The van der Waals surface area contributed by atoms with Gasteiger partial charge in [-0.2, -0.15) is 0 Å². The number of hydrogen-bond donors (Lipinski definition) is 2. The van der Waals surface area contributed by atoms with Gasteiger partial charge in [0.1, 0.15) is 5.75 Å². The van der Waals surface area contributed by atoms with E-state index >= 15 is 0 Å². The van der Waals surface area contributed by atoms with Crippen molar-refractivity contribution in [3.63, 3.8) is 0 Å². The Morgan fingerprint density at radius 2 is 2.11 bits per heavy atom. The van der Waals surface area contributed by atoms with Crippen molar-refractivity contribution in [1.82, 2.24) is 15.5 Å². The van der Waals surface area contributed by atoms with Crippen molar-refractivity contribution in [3.8, 4) is 5.75 Å². The second-order valence-corrected chi connectivity index (χ2v) is 7.35. The van der Waals surface area contributed by atoms with Crippen molar-refractivity contribution in [2.45, 2.75) is 66.0 Å². The van der Waals surface area contributed by atoms with Gasteiger partial charge in [0.05, 0.1) is 13.2 Å². The molecular weight excluding hydrogens is 352 g/mol. The van der Waals surface area contributed by atoms with E-state index in [1.807, 2.05) is 24.8 Å². The van der Waals surface area contributed by atoms with Gasteiger partial charge in [0.2, 0.25) is 5.91 Å². The van der Waals surface area contributed by atoms with Crippen LogP contribution in [-0.4, -0.2) is 49.0 Å². The molecule has 28 heavy (non-hydrogen) atoms. The lowest BCUT2D eigenvalue weighted by molar-refractivity contribution is -0.134. The fourth-order valence-corrected chi connectivity index (χ4v) is 3.49. The highest BCUT2D eigenvalue weighted by Gasteiger charge is 2.22. The van der Waals surface area contributed by atoms with Gasteiger partial charge in [-0.25, -0.2) is 4.99 Å². The normalized spacial score (nSPS) is 17.4. The first-order chi connectivity index (χ1) is 13.5. The number of aryl methyl sites for hydroxylation is 1. The first-order valence-corrected chi connectivity index (χ1v) is 10.6. The first kappa shape index (κ1) is 22.1. The SMILES string of the molecule is CCNC(=NCc1ccc(C)cc1OCC)NCCC(=O)N1CCCCC1C. The molecule has 1 fully saturated rings. The van der Waals surface area contributed by atoms with Gasteiger partial charge in [0, 0.05) is 37.7 Å². The van der Waals surface area contributed by atoms with E-state index in [0.29, 0.717) is 32.2 Å². The highest BCUT2D eigenvalue weighted by molar-refractivity contribution is 5.81. The highest BCUT2D eigenvalue weighted by Crippen LogP contribution is 2.21. The Morgan fingerprint density at radius 1 is 1.29 bits per heavy atom. The molecule has 1 aromatic carbocycles. The molecular formula is C22H36N4O2. The Labute approximate surface area is 169 Å². The number of amides is 1. The third-order valence-corrected chi connectivity index (χ3v) is 5.03. The Hall–Kier alpha value is -2.24. The number of nitrogens with one attached hydrogen (secondary N) is 2. The van der Waals surface area contributed by atoms with Crippen LogP contribution < -0.4 is 15.4 Å². The number of likely N-dealkylation sites (tertiary alicyclic amines) is 1. The molecule has 1 unspecified atom stereocenters. The number of rotatable bonds is 8. The fourth-order valence-electron chi connectivity index (χ4n) is 3.49. The van der Waals surface area contributed by atoms with Crippen LogP contribution in [0, 0.1) is 6.92 Å². The lowest BCUT2D eigenvalue weighted by Gasteiger charge is -2.33. The molecule has 2 rings (SSSR count). The van der Waals surface area contributed by atoms with Crippen LogP contribution in [0.4, 0.5) is 0 Å². The number of piperidine rings is 1. The van der Waals surface area contributed by atoms with Crippen molar-refractivity contribution < 1.29 is 9.53 Å². The number of hydrogen-bond acceptors (Lipinski definition) is 3. The molecule has 1 aliphatic heterocycles. The van der Waals surface area contributed by atoms with Crippen molar-refractivity contribution >= 4 is 11.9 Å². The quantitative estimate of drug-likeness (QED) is 0.530. The van der Waals surface area contributed by atoms with Crippen molar-refractivity contribution in [2.75, 3.05) is 26.2 Å². The summed E-state index contributed by atoms with van der Waals surface area (Å²) in [5.41, 5.74) is 2.23. The minimum atomic E-state index is 0.229. The van der Waals surface area contributed by atoms with Gasteiger partial charge in [-0.1, -0.05) is 12.1 Å². The zero-order chi connectivity index (χ0) is 20.4. The summed E-state index contributed by atoms with van der Waals surface area (Å²) in [5, 5.41) is 6.54. The van der Waals surface area contributed by atoms with Crippen molar-refractivity contribution in [1.29, 1.82) is 0 Å². The molecule has 6 heteroatoms. The topological polar surface area (TPSA) is 66.0 Å². The standard InChI is InChI=1S/C22H36N4O2/c1-5-23-22(24-13-12-21(27)26-14-8-7-9-18(26)4)25-16-19-11-10-17(3)15-20(19)28-6-2/h10-11,15,18H,5-9,12-14,16H2,1-4H3,(H2,23,24,25). The van der Waals surface area contributed by atoms with Gasteiger partial charge >= 0.3 is 0 Å². The lowest BCUT2D eigenvalue weighted by atomic mass is 10.0. The van der Waals surface area contributed by atoms with Crippen LogP contribution in [0.2, 0.25) is 0 Å². The number of aliphatic imine (C=N–C) groups is 1. The minimum absolute atomic E-state index is 0.229. The van der Waals surface area contributed by atoms with Crippen molar-refractivity contribution in [3.05, 3.63) is 29.3 Å². The van der Waals surface area contributed by atoms with Crippen LogP contribution in [0.3, 0.4) is 0 Å². The van der Waals surface area contributed by atoms with E-state index < -0.39 is 0 Å². The largest absolute Gasteiger partial charge is 0.494 e. The second kappa shape index (κ2) is 11.6. The molecule has 0 spiro atoms. The summed E-state index contributed by atoms with van der Waals surface area (Å²) in [7, 11) is 0. The Balaban J connectivity index is 1.91. The van der Waals surface area contributed by atoms with E-state index in [2.05, 4.69) is 41.6 Å². The molecule has 6 nitrogen and oxygen atoms in total. The average Bonchev–Trinajstić information content (AvgIpc) is 2.67. The molecule has 0 aliphatic carbocycles. The molecule has 0 saturated carbocycles. The molecule has 0 aromatic heterocycles. The predicted octanol–water partition coefficient (Wildman–Crippen LogP) is 3.24. The van der Waals surface area contributed by atoms with E-state index in [1.165, 1.54) is 12.0 Å². The molecule has 1 aliphatic rings. The summed E-state index contributed by atoms with van der Waals surface area (Å²) in [6.45, 7) is 11.6. The molecule has 1 saturated heterocycles. The fraction of sp³-hybridized carbons (Fsp3) is 0.636. The van der Waals surface area contributed by atoms with Crippen LogP contribution in [0.5, 0.6) is 5.75 Å². The Morgan fingerprint density at radius 3 is 2.82 bits per heavy atom. The van der Waals surface area contributed by atoms with Crippen LogP contribution in [0.1, 0.15) is 57.6 Å². The number of carbonyl (C=O) groups is 1. The van der Waals surface area contributed by atoms with Crippen LogP contribution in [-0.2, 0) is 11.3 Å². The van der Waals surface area contributed by atoms with E-state index in [9.17, 15) is 4.79 Å². The van der Waals surface area contributed by atoms with Crippen molar-refractivity contribution in [2.24, 2.45) is 4.99 Å². The summed E-state index contributed by atoms with van der Waals surface area (Å²) in [6, 6.07) is 6.55. The van der Waals surface area contributed by atoms with E-state index in [1.54, 1.807) is 0 Å². The minimum Gasteiger partial charge on any atom is -0.494 e. The highest BCUT2D eigenvalue weighted by atomic mass is 16.5. The number of nitrogens with zero attached hydrogens (tertiary/aromatic N) is 2. The number of guanidine groups is 1. The third-order valence-electron chi connectivity index (χ3n) is 5.03. The van der Waals surface area contributed by atoms with Crippen LogP contribution in [0.25, 0.3) is 0 Å². The van der Waals surface area contributed by atoms with Gasteiger partial charge in [0.25, 0.3) is 0 Å². The Bertz CT molecular complexity index is 660. The summed E-state index contributed by atoms with van der Waals surface area (Å²) in [6.07, 6.45) is 3.95. The molecule has 1 atom stereocenters. The maximum absolute atomic E-state index is 12.5. The van der Waals surface area contributed by atoms with E-state index in [4.69, 9.17) is 4.74 Å². The van der Waals surface area contributed by atoms with Gasteiger partial charge < -0.3 is 20.3 Å². The van der Waals surface area contributed by atoms with Crippen LogP contribution >= 0.6 is 0 Å². The number of ether oxygens (including phenoxy) is 1. The lowest BCUT2D eigenvalue weighted by Crippen LogP contribution is -2.44. The smallest absolute Gasteiger partial charge is 0.224 e. The molecule has 0 radical (unpaired) electrons. The van der Waals surface area contributed by atoms with Gasteiger partial charge in [0.15, 0.2) is 5.96 Å². The summed E-state index contributed by atoms with van der Waals surface area (Å²) in [5.74, 6) is 1.84. The average molecular weight is 389 g/mol. The zero-order valence-corrected chi connectivity index (χ0v) is 17.9. The molecule has 156 valence electrons. The first-order valence-electron chi connectivity index (χ1n) is 10.6. The zero-order valence-electron chi connectivity index (χ0n) is 17.9. The van der Waals surface area contributed by atoms with E-state index in [0.717, 1.165) is 43.2 Å². The van der Waals surface area contributed by atoms with Gasteiger partial charge in [-0.3, -0.25) is 4.79 Å². The van der Waals surface area contributed by atoms with E-state index in [-0.39, 0.29) is 5.91 Å². The monoisotopic (exact) mass is 388 g/mol. The Kier molecular flexibility index (Phi) is 9.11. The molecule has 1 heterocycles. The third kappa shape index (κ3) is 6.73. The summed E-state index contributed by atoms with van der Waals surface area (Å²) in [4.78, 5) is 19.2. The molecule has 1 amide bonds. The molecule has 0 bridgehead atoms. The van der Waals surface area contributed by atoms with Crippen LogP contribution in [0.15, 0.2) is 23.2 Å². The summed E-state index contributed by atoms with van der Waals surface area (Å²) >= 11 is 0. The molecule has 1 aromatic rings. The molecule has 2 N–H and O–H groups in total. The second-order valence-electron chi connectivity index (χ2n) is 7.35. The predicted molar refractivity (Wildman–Crippen MR) is 115 cm³/mol. The number of benzene rings is 1. The van der Waals surface area contributed by atoms with Gasteiger partial charge in [-0.15, -0.1) is 0 Å². The maximum Gasteiger partial charge on any atom is 0.224 e. The van der Waals surface area contributed by atoms with Gasteiger partial charge in [-0.05, 0) is 58.6 Å².